The van der Waals surface area contributed by atoms with E-state index in [4.69, 9.17) is 4.74 Å². The molecule has 2 aliphatic rings. The number of hydrogen-bond acceptors (Lipinski definition) is 9. The molecule has 2 aliphatic heterocycles. The van der Waals surface area contributed by atoms with Crippen molar-refractivity contribution < 1.29 is 35.3 Å². The van der Waals surface area contributed by atoms with E-state index < -0.39 is 27.0 Å². The molecular weight excluding hydrogens is 567 g/mol. The smallest absolute Gasteiger partial charge is 0.444 e. The second-order valence-electron chi connectivity index (χ2n) is 11.1. The normalized spacial score (nSPS) is 18.9. The van der Waals surface area contributed by atoms with Crippen molar-refractivity contribution in [2.24, 2.45) is 0 Å². The van der Waals surface area contributed by atoms with Gasteiger partial charge in [0.1, 0.15) is 22.8 Å². The van der Waals surface area contributed by atoms with Crippen LogP contribution in [0.5, 0.6) is 5.75 Å². The lowest BCUT2D eigenvalue weighted by atomic mass is 10.0. The molecule has 5 heterocycles. The zero-order valence-corrected chi connectivity index (χ0v) is 23.5. The lowest BCUT2D eigenvalue weighted by Gasteiger charge is -2.43. The predicted octanol–water partition coefficient (Wildman–Crippen LogP) is 3.47. The molecule has 220 valence electrons. The highest BCUT2D eigenvalue weighted by atomic mass is 32.2. The summed E-state index contributed by atoms with van der Waals surface area (Å²) in [6.07, 6.45) is 4.61. The topological polar surface area (TPSA) is 135 Å². The van der Waals surface area contributed by atoms with Crippen LogP contribution in [0, 0.1) is 18.3 Å². The quantitative estimate of drug-likeness (QED) is 0.321. The third-order valence-electron chi connectivity index (χ3n) is 7.10. The van der Waals surface area contributed by atoms with E-state index in [1.165, 1.54) is 12.4 Å². The van der Waals surface area contributed by atoms with Crippen LogP contribution in [-0.4, -0.2) is 87.0 Å². The fourth-order valence-corrected chi connectivity index (χ4v) is 5.55. The number of likely N-dealkylation sites (tertiary alicyclic amines) is 2. The molecule has 5 rings (SSSR count). The standard InChI is InChI=1S/C25H28F3N7O5S/c1-15-20(16-7-21(40-41(37,38)25(26,27)28)22-17(8-29)9-30-34(22)11-16)10-31-35(15)19-13-33(14-19)18-5-6-32(12-18)23(36)39-24(2,3)4/h7,9-11,18-19H,5-6,12-14H2,1-4H3/t18-/m0/s1. The number of carbonyl (C=O) groups is 1. The molecule has 0 bridgehead atoms. The van der Waals surface area contributed by atoms with Crippen LogP contribution in [0.15, 0.2) is 24.7 Å². The van der Waals surface area contributed by atoms with Crippen LogP contribution in [0.25, 0.3) is 16.6 Å². The lowest BCUT2D eigenvalue weighted by Crippen LogP contribution is -2.54. The van der Waals surface area contributed by atoms with E-state index in [-0.39, 0.29) is 29.3 Å². The van der Waals surface area contributed by atoms with E-state index in [1.54, 1.807) is 17.9 Å². The molecule has 0 unspecified atom stereocenters. The number of nitriles is 1. The van der Waals surface area contributed by atoms with Crippen LogP contribution in [0.4, 0.5) is 18.0 Å². The number of pyridine rings is 1. The molecule has 0 spiro atoms. The van der Waals surface area contributed by atoms with Gasteiger partial charge < -0.3 is 13.8 Å². The summed E-state index contributed by atoms with van der Waals surface area (Å²) in [5, 5.41) is 17.8. The third-order valence-corrected chi connectivity index (χ3v) is 8.07. The molecule has 1 atom stereocenters. The second kappa shape index (κ2) is 9.91. The van der Waals surface area contributed by atoms with Gasteiger partial charge in [0, 0.05) is 55.2 Å². The fourth-order valence-electron chi connectivity index (χ4n) is 5.09. The Bertz CT molecular complexity index is 1650. The van der Waals surface area contributed by atoms with Gasteiger partial charge in [-0.3, -0.25) is 9.58 Å². The average molecular weight is 596 g/mol. The van der Waals surface area contributed by atoms with Gasteiger partial charge in [-0.25, -0.2) is 9.31 Å². The molecular formula is C25H28F3N7O5S. The number of carbonyl (C=O) groups excluding carboxylic acids is 1. The first kappa shape index (κ1) is 28.7. The second-order valence-corrected chi connectivity index (χ2v) is 12.6. The molecule has 3 aromatic heterocycles. The number of amides is 1. The van der Waals surface area contributed by atoms with Crippen molar-refractivity contribution in [1.82, 2.24) is 29.2 Å². The molecule has 16 heteroatoms. The van der Waals surface area contributed by atoms with Gasteiger partial charge in [-0.05, 0) is 40.2 Å². The molecule has 0 N–H and O–H groups in total. The van der Waals surface area contributed by atoms with Crippen molar-refractivity contribution in [3.63, 3.8) is 0 Å². The Morgan fingerprint density at radius 2 is 1.83 bits per heavy atom. The zero-order chi connectivity index (χ0) is 29.9. The Morgan fingerprint density at radius 3 is 2.46 bits per heavy atom. The van der Waals surface area contributed by atoms with Gasteiger partial charge in [0.2, 0.25) is 0 Å². The van der Waals surface area contributed by atoms with Gasteiger partial charge in [0.05, 0.1) is 18.4 Å². The Labute approximate surface area is 233 Å². The number of rotatable bonds is 5. The van der Waals surface area contributed by atoms with Crippen LogP contribution in [0.2, 0.25) is 0 Å². The van der Waals surface area contributed by atoms with E-state index in [9.17, 15) is 31.6 Å². The summed E-state index contributed by atoms with van der Waals surface area (Å²) in [6.45, 7) is 9.85. The van der Waals surface area contributed by atoms with E-state index >= 15 is 0 Å². The maximum Gasteiger partial charge on any atom is 0.534 e. The molecule has 1 amide bonds. The van der Waals surface area contributed by atoms with Crippen molar-refractivity contribution in [2.45, 2.75) is 57.3 Å². The number of ether oxygens (including phenoxy) is 1. The maximum absolute atomic E-state index is 13.1. The van der Waals surface area contributed by atoms with Crippen LogP contribution in [-0.2, 0) is 14.9 Å². The van der Waals surface area contributed by atoms with E-state index in [1.807, 2.05) is 25.5 Å². The minimum atomic E-state index is -6.00. The SMILES string of the molecule is Cc1c(-c2cc(OS(=O)(=O)C(F)(F)F)c3c(C#N)cnn3c2)cnn1C1CN([C@H]2CCN(C(=O)OC(C)(C)C)C2)C1. The summed E-state index contributed by atoms with van der Waals surface area (Å²) in [5.41, 5.74) is -5.04. The number of hydrogen-bond donors (Lipinski definition) is 0. The molecule has 2 saturated heterocycles. The molecule has 2 fully saturated rings. The Balaban J connectivity index is 1.34. The monoisotopic (exact) mass is 595 g/mol. The highest BCUT2D eigenvalue weighted by molar-refractivity contribution is 7.88. The summed E-state index contributed by atoms with van der Waals surface area (Å²) < 4.78 is 75.7. The first-order chi connectivity index (χ1) is 19.1. The van der Waals surface area contributed by atoms with Gasteiger partial charge in [0.25, 0.3) is 0 Å². The molecule has 0 aromatic carbocycles. The number of aromatic nitrogens is 4. The largest absolute Gasteiger partial charge is 0.534 e. The number of fused-ring (bicyclic) bond motifs is 1. The van der Waals surface area contributed by atoms with Crippen LogP contribution in [0.3, 0.4) is 0 Å². The Morgan fingerprint density at radius 1 is 1.12 bits per heavy atom. The summed E-state index contributed by atoms with van der Waals surface area (Å²) in [6, 6.07) is 3.13. The maximum atomic E-state index is 13.1. The van der Waals surface area contributed by atoms with Crippen LogP contribution >= 0.6 is 0 Å². The van der Waals surface area contributed by atoms with Crippen molar-refractivity contribution in [3.8, 4) is 22.9 Å². The molecule has 3 aromatic rings. The van der Waals surface area contributed by atoms with Crippen molar-refractivity contribution in [3.05, 3.63) is 35.9 Å². The van der Waals surface area contributed by atoms with Crippen molar-refractivity contribution in [2.75, 3.05) is 26.2 Å². The molecule has 41 heavy (non-hydrogen) atoms. The van der Waals surface area contributed by atoms with E-state index in [0.717, 1.165) is 23.2 Å². The average Bonchev–Trinajstić information content (AvgIpc) is 3.55. The summed E-state index contributed by atoms with van der Waals surface area (Å²) in [4.78, 5) is 16.4. The van der Waals surface area contributed by atoms with Crippen molar-refractivity contribution in [1.29, 1.82) is 5.26 Å². The summed E-state index contributed by atoms with van der Waals surface area (Å²) in [7, 11) is -6.00. The predicted molar refractivity (Wildman–Crippen MR) is 138 cm³/mol. The first-order valence-corrected chi connectivity index (χ1v) is 14.2. The van der Waals surface area contributed by atoms with Gasteiger partial charge in [-0.1, -0.05) is 0 Å². The van der Waals surface area contributed by atoms with Crippen LogP contribution in [0.1, 0.15) is 44.5 Å². The molecule has 0 radical (unpaired) electrons. The minimum absolute atomic E-state index is 0.0271. The van der Waals surface area contributed by atoms with E-state index in [0.29, 0.717) is 43.0 Å². The molecule has 12 nitrogen and oxygen atoms in total. The van der Waals surface area contributed by atoms with Gasteiger partial charge in [-0.2, -0.15) is 37.0 Å². The van der Waals surface area contributed by atoms with Gasteiger partial charge >= 0.3 is 21.7 Å². The number of nitrogens with zero attached hydrogens (tertiary/aromatic N) is 7. The highest BCUT2D eigenvalue weighted by Crippen LogP contribution is 2.36. The summed E-state index contributed by atoms with van der Waals surface area (Å²) >= 11 is 0. The first-order valence-electron chi connectivity index (χ1n) is 12.8. The van der Waals surface area contributed by atoms with Crippen LogP contribution < -0.4 is 4.18 Å². The Hall–Kier alpha value is -3.84. The van der Waals surface area contributed by atoms with Crippen molar-refractivity contribution >= 4 is 21.7 Å². The fraction of sp³-hybridized carbons (Fsp3) is 0.520. The lowest BCUT2D eigenvalue weighted by molar-refractivity contribution is -0.0499. The summed E-state index contributed by atoms with van der Waals surface area (Å²) in [5.74, 6) is -0.674. The number of halogens is 3. The van der Waals surface area contributed by atoms with Gasteiger partial charge in [0.15, 0.2) is 5.75 Å². The van der Waals surface area contributed by atoms with Gasteiger partial charge in [-0.15, -0.1) is 0 Å². The zero-order valence-electron chi connectivity index (χ0n) is 22.7. The third kappa shape index (κ3) is 5.43. The Kier molecular flexibility index (Phi) is 6.93. The molecule has 0 aliphatic carbocycles. The highest BCUT2D eigenvalue weighted by Gasteiger charge is 2.49. The minimum Gasteiger partial charge on any atom is -0.444 e. The number of alkyl halides is 3. The van der Waals surface area contributed by atoms with E-state index in [2.05, 4.69) is 19.3 Å². The molecule has 0 saturated carbocycles.